The number of ether oxygens (including phenoxy) is 2. The molecule has 0 aromatic heterocycles. The SMILES string of the molecule is Cc1c(F)c(F)c(S(=O)(=O)c2c(F)c(F)c(C)c(F)c2Oc2ccc(C(C)(c3ccc(Oc4c(F)c(C)c(F)c(F)c4S(=O)(=O)c4c(F)c(F)c(C)c(F)c4F)cc3)C(F)(F)F)cc2)c(F)c1F. The third-order valence-electron chi connectivity index (χ3n) is 10.7. The van der Waals surface area contributed by atoms with Gasteiger partial charge in [-0.25, -0.2) is 78.3 Å². The fourth-order valence-corrected chi connectivity index (χ4v) is 9.80. The second-order valence-corrected chi connectivity index (χ2v) is 18.4. The molecule has 0 radical (unpaired) electrons. The van der Waals surface area contributed by atoms with Gasteiger partial charge in [0, 0.05) is 22.3 Å². The van der Waals surface area contributed by atoms with Crippen molar-refractivity contribution < 1.29 is 101 Å². The van der Waals surface area contributed by atoms with Crippen LogP contribution < -0.4 is 9.47 Å². The van der Waals surface area contributed by atoms with Crippen LogP contribution >= 0.6 is 0 Å². The molecule has 0 N–H and O–H groups in total. The molecule has 0 aliphatic heterocycles. The minimum Gasteiger partial charge on any atom is -0.453 e. The minimum absolute atomic E-state index is 0.485. The summed E-state index contributed by atoms with van der Waals surface area (Å²) in [6.07, 6.45) is -5.34. The molecule has 0 saturated heterocycles. The highest BCUT2D eigenvalue weighted by Gasteiger charge is 2.53. The van der Waals surface area contributed by atoms with Crippen molar-refractivity contribution in [1.82, 2.24) is 0 Å². The van der Waals surface area contributed by atoms with Crippen LogP contribution in [0.5, 0.6) is 23.0 Å². The Labute approximate surface area is 372 Å². The molecule has 0 unspecified atom stereocenters. The van der Waals surface area contributed by atoms with E-state index < -0.39 is 189 Å². The van der Waals surface area contributed by atoms with Crippen LogP contribution in [0, 0.1) is 109 Å². The second-order valence-electron chi connectivity index (χ2n) is 14.8. The van der Waals surface area contributed by atoms with E-state index in [1.807, 2.05) is 0 Å². The number of hydrogen-bond acceptors (Lipinski definition) is 6. The Kier molecular flexibility index (Phi) is 13.0. The van der Waals surface area contributed by atoms with Gasteiger partial charge in [-0.3, -0.25) is 0 Å². The van der Waals surface area contributed by atoms with E-state index in [1.165, 1.54) is 0 Å². The van der Waals surface area contributed by atoms with Crippen LogP contribution in [0.15, 0.2) is 68.1 Å². The molecule has 0 amide bonds. The van der Waals surface area contributed by atoms with Gasteiger partial charge in [0.2, 0.25) is 19.7 Å². The van der Waals surface area contributed by atoms with E-state index in [0.717, 1.165) is 0 Å². The second kappa shape index (κ2) is 17.3. The molecule has 0 aliphatic rings. The van der Waals surface area contributed by atoms with Gasteiger partial charge < -0.3 is 9.47 Å². The molecule has 0 saturated carbocycles. The number of benzene rings is 6. The fourth-order valence-electron chi connectivity index (χ4n) is 6.68. The summed E-state index contributed by atoms with van der Waals surface area (Å²) in [5.41, 5.74) is -10.1. The Morgan fingerprint density at radius 1 is 0.353 bits per heavy atom. The third kappa shape index (κ3) is 7.75. The summed E-state index contributed by atoms with van der Waals surface area (Å²) >= 11 is 0. The largest absolute Gasteiger partial charge is 0.453 e. The van der Waals surface area contributed by atoms with Gasteiger partial charge in [0.15, 0.2) is 103 Å². The lowest BCUT2D eigenvalue weighted by atomic mass is 9.75. The quantitative estimate of drug-likeness (QED) is 0.100. The molecule has 0 bridgehead atoms. The minimum atomic E-state index is -6.37. The van der Waals surface area contributed by atoms with Gasteiger partial charge in [0.05, 0.1) is 0 Å². The van der Waals surface area contributed by atoms with Crippen molar-refractivity contribution in [3.8, 4) is 23.0 Å². The Balaban J connectivity index is 1.41. The van der Waals surface area contributed by atoms with Crippen molar-refractivity contribution in [3.05, 3.63) is 163 Å². The summed E-state index contributed by atoms with van der Waals surface area (Å²) in [7, 11) is -12.7. The average molecular weight is 1020 g/mol. The van der Waals surface area contributed by atoms with E-state index >= 15 is 30.7 Å². The van der Waals surface area contributed by atoms with Crippen molar-refractivity contribution in [3.63, 3.8) is 0 Å². The van der Waals surface area contributed by atoms with E-state index in [0.29, 0.717) is 83.1 Å². The van der Waals surface area contributed by atoms with Crippen molar-refractivity contribution in [2.24, 2.45) is 0 Å². The third-order valence-corrected chi connectivity index (χ3v) is 14.3. The van der Waals surface area contributed by atoms with Gasteiger partial charge in [-0.15, -0.1) is 0 Å². The topological polar surface area (TPSA) is 86.7 Å². The molecule has 0 spiro atoms. The molecule has 0 heterocycles. The van der Waals surface area contributed by atoms with Crippen molar-refractivity contribution in [2.75, 3.05) is 0 Å². The summed E-state index contributed by atoms with van der Waals surface area (Å²) in [4.78, 5) is -9.72. The monoisotopic (exact) mass is 1020 g/mol. The zero-order chi connectivity index (χ0) is 51.2. The molecule has 25 heteroatoms. The van der Waals surface area contributed by atoms with E-state index in [4.69, 9.17) is 9.47 Å². The number of alkyl halides is 3. The number of halogens is 17. The smallest absolute Gasteiger partial charge is 0.402 e. The first-order valence-electron chi connectivity index (χ1n) is 18.4. The molecule has 0 aliphatic carbocycles. The maximum Gasteiger partial charge on any atom is 0.402 e. The van der Waals surface area contributed by atoms with E-state index in [2.05, 4.69) is 0 Å². The van der Waals surface area contributed by atoms with Crippen molar-refractivity contribution >= 4 is 19.7 Å². The Morgan fingerprint density at radius 3 is 0.809 bits per heavy atom. The number of sulfone groups is 2. The highest BCUT2D eigenvalue weighted by atomic mass is 32.2. The molecule has 6 rings (SSSR count). The fraction of sp³-hybridized carbons (Fsp3) is 0.163. The highest BCUT2D eigenvalue weighted by molar-refractivity contribution is 7.92. The summed E-state index contributed by atoms with van der Waals surface area (Å²) in [6.45, 7) is 2.58. The number of rotatable bonds is 10. The molecular weight excluding hydrogens is 1000 g/mol. The molecular formula is C43H23F17O6S2. The Bertz CT molecular complexity index is 3070. The zero-order valence-electron chi connectivity index (χ0n) is 34.3. The van der Waals surface area contributed by atoms with Gasteiger partial charge >= 0.3 is 6.18 Å². The highest BCUT2D eigenvalue weighted by Crippen LogP contribution is 2.49. The lowest BCUT2D eigenvalue weighted by Crippen LogP contribution is -2.40. The van der Waals surface area contributed by atoms with Crippen LogP contribution in [0.25, 0.3) is 0 Å². The van der Waals surface area contributed by atoms with Crippen LogP contribution in [0.2, 0.25) is 0 Å². The van der Waals surface area contributed by atoms with Crippen molar-refractivity contribution in [1.29, 1.82) is 0 Å². The molecule has 362 valence electrons. The van der Waals surface area contributed by atoms with Gasteiger partial charge in [-0.05, 0) is 70.0 Å². The molecule has 6 aromatic rings. The first-order valence-corrected chi connectivity index (χ1v) is 21.4. The first kappa shape index (κ1) is 51.0. The number of hydrogen-bond donors (Lipinski definition) is 0. The van der Waals surface area contributed by atoms with Crippen LogP contribution in [0.1, 0.15) is 40.3 Å². The van der Waals surface area contributed by atoms with Gasteiger partial charge in [-0.2, -0.15) is 13.2 Å². The van der Waals surface area contributed by atoms with E-state index in [9.17, 15) is 60.7 Å². The van der Waals surface area contributed by atoms with Crippen LogP contribution in [-0.2, 0) is 25.1 Å². The van der Waals surface area contributed by atoms with Gasteiger partial charge in [-0.1, -0.05) is 24.3 Å². The normalized spacial score (nSPS) is 12.5. The van der Waals surface area contributed by atoms with Crippen LogP contribution in [-0.4, -0.2) is 23.0 Å². The summed E-state index contributed by atoms with van der Waals surface area (Å²) in [6, 6.07) is 4.69. The van der Waals surface area contributed by atoms with Gasteiger partial charge in [0.25, 0.3) is 0 Å². The van der Waals surface area contributed by atoms with Crippen molar-refractivity contribution in [2.45, 2.75) is 65.8 Å². The standard InChI is InChI=1S/C43H23F17O6S2/c1-14-22(44)30(52)38(31(53)23(14)45)67(61,62)40-34(56)26(48)16(3)28(50)36(40)65-20-10-6-18(7-11-20)42(5,43(58,59)60)19-8-12-21(13-9-19)66-37-29(51)17(4)27(49)35(57)41(37)68(63,64)39-32(54)24(46)15(2)25(47)33(39)55/h6-13H,1-5H3. The van der Waals surface area contributed by atoms with E-state index in [1.54, 1.807) is 0 Å². The summed E-state index contributed by atoms with van der Waals surface area (Å²) in [5, 5.41) is 0. The average Bonchev–Trinajstić information content (AvgIpc) is 3.28. The Morgan fingerprint density at radius 2 is 0.574 bits per heavy atom. The molecule has 0 fully saturated rings. The first-order chi connectivity index (χ1) is 31.3. The predicted octanol–water partition coefficient (Wildman–Crippen LogP) is 13.0. The lowest BCUT2D eigenvalue weighted by molar-refractivity contribution is -0.173. The maximum atomic E-state index is 15.6. The van der Waals surface area contributed by atoms with Crippen LogP contribution in [0.3, 0.4) is 0 Å². The van der Waals surface area contributed by atoms with Crippen LogP contribution in [0.4, 0.5) is 74.6 Å². The summed E-state index contributed by atoms with van der Waals surface area (Å²) < 4.78 is 318. The maximum absolute atomic E-state index is 15.6. The lowest BCUT2D eigenvalue weighted by Gasteiger charge is -2.33. The predicted molar refractivity (Wildman–Crippen MR) is 201 cm³/mol. The van der Waals surface area contributed by atoms with E-state index in [-0.39, 0.29) is 0 Å². The molecule has 6 aromatic carbocycles. The Hall–Kier alpha value is -6.37. The molecule has 0 atom stereocenters. The van der Waals surface area contributed by atoms with Gasteiger partial charge in [0.1, 0.15) is 26.7 Å². The molecule has 6 nitrogen and oxygen atoms in total. The summed E-state index contributed by atoms with van der Waals surface area (Å²) in [5.74, 6) is -39.0. The molecule has 68 heavy (non-hydrogen) atoms. The zero-order valence-corrected chi connectivity index (χ0v) is 35.9.